The number of benzene rings is 1. The van der Waals surface area contributed by atoms with E-state index in [4.69, 9.17) is 9.47 Å². The fraction of sp³-hybridized carbons (Fsp3) is 0.167. The number of hydrogen-bond acceptors (Lipinski definition) is 6. The number of methoxy groups -OCH3 is 2. The standard InChI is InChI=1S/C18H19N3O4/c1-4-14(18(23)25-3)20-13-7-8-15(16(10-13)24-2)21-17(22)12-6-5-9-19-11-12/h4-11,14,20H,1H2,2-3H3,(H,21,22)/t14-/m0/s1. The van der Waals surface area contributed by atoms with Gasteiger partial charge in [0.2, 0.25) is 0 Å². The van der Waals surface area contributed by atoms with Gasteiger partial charge >= 0.3 is 5.97 Å². The third-order valence-corrected chi connectivity index (χ3v) is 3.39. The van der Waals surface area contributed by atoms with E-state index in [1.165, 1.54) is 26.5 Å². The lowest BCUT2D eigenvalue weighted by Gasteiger charge is -2.16. The fourth-order valence-electron chi connectivity index (χ4n) is 2.10. The van der Waals surface area contributed by atoms with E-state index in [0.29, 0.717) is 22.7 Å². The Hall–Kier alpha value is -3.35. The van der Waals surface area contributed by atoms with E-state index in [9.17, 15) is 9.59 Å². The first-order valence-corrected chi connectivity index (χ1v) is 7.45. The van der Waals surface area contributed by atoms with E-state index in [1.807, 2.05) is 0 Å². The molecule has 2 N–H and O–H groups in total. The number of carbonyl (C=O) groups excluding carboxylic acids is 2. The number of anilines is 2. The Bertz CT molecular complexity index is 762. The van der Waals surface area contributed by atoms with Crippen molar-refractivity contribution < 1.29 is 19.1 Å². The Kier molecular flexibility index (Phi) is 6.11. The lowest BCUT2D eigenvalue weighted by atomic mass is 10.2. The number of ether oxygens (including phenoxy) is 2. The van der Waals surface area contributed by atoms with Gasteiger partial charge in [-0.25, -0.2) is 4.79 Å². The van der Waals surface area contributed by atoms with E-state index in [-0.39, 0.29) is 5.91 Å². The van der Waals surface area contributed by atoms with Crippen LogP contribution in [0.3, 0.4) is 0 Å². The lowest BCUT2D eigenvalue weighted by Crippen LogP contribution is -2.28. The molecule has 0 saturated heterocycles. The van der Waals surface area contributed by atoms with Gasteiger partial charge in [0.15, 0.2) is 0 Å². The molecule has 25 heavy (non-hydrogen) atoms. The molecule has 0 fully saturated rings. The number of carbonyl (C=O) groups is 2. The minimum Gasteiger partial charge on any atom is -0.494 e. The topological polar surface area (TPSA) is 89.5 Å². The monoisotopic (exact) mass is 341 g/mol. The molecule has 7 heteroatoms. The van der Waals surface area contributed by atoms with E-state index in [2.05, 4.69) is 22.2 Å². The summed E-state index contributed by atoms with van der Waals surface area (Å²) in [5, 5.41) is 5.73. The predicted molar refractivity (Wildman–Crippen MR) is 94.8 cm³/mol. The van der Waals surface area contributed by atoms with Gasteiger partial charge in [0.05, 0.1) is 25.5 Å². The number of amides is 1. The molecule has 0 aliphatic rings. The van der Waals surface area contributed by atoms with Crippen molar-refractivity contribution >= 4 is 23.3 Å². The zero-order valence-corrected chi connectivity index (χ0v) is 14.0. The molecular weight excluding hydrogens is 322 g/mol. The molecule has 1 heterocycles. The van der Waals surface area contributed by atoms with Gasteiger partial charge in [0.1, 0.15) is 11.8 Å². The van der Waals surface area contributed by atoms with Gasteiger partial charge < -0.3 is 20.1 Å². The average Bonchev–Trinajstić information content (AvgIpc) is 2.66. The van der Waals surface area contributed by atoms with Crippen molar-refractivity contribution in [2.24, 2.45) is 0 Å². The molecule has 0 bridgehead atoms. The van der Waals surface area contributed by atoms with Gasteiger partial charge in [-0.05, 0) is 24.3 Å². The van der Waals surface area contributed by atoms with Crippen LogP contribution in [0.5, 0.6) is 5.75 Å². The van der Waals surface area contributed by atoms with Gasteiger partial charge in [-0.2, -0.15) is 0 Å². The van der Waals surface area contributed by atoms with Gasteiger partial charge in [-0.15, -0.1) is 6.58 Å². The molecule has 130 valence electrons. The smallest absolute Gasteiger partial charge is 0.332 e. The molecule has 0 aliphatic heterocycles. The number of esters is 1. The Morgan fingerprint density at radius 1 is 1.28 bits per heavy atom. The van der Waals surface area contributed by atoms with Gasteiger partial charge in [0.25, 0.3) is 5.91 Å². The molecule has 0 unspecified atom stereocenters. The number of rotatable bonds is 7. The molecule has 7 nitrogen and oxygen atoms in total. The molecular formula is C18H19N3O4. The van der Waals surface area contributed by atoms with Crippen LogP contribution in [0.25, 0.3) is 0 Å². The third-order valence-electron chi connectivity index (χ3n) is 3.39. The highest BCUT2D eigenvalue weighted by molar-refractivity contribution is 6.05. The van der Waals surface area contributed by atoms with Crippen LogP contribution in [0.2, 0.25) is 0 Å². The normalized spacial score (nSPS) is 11.1. The van der Waals surface area contributed by atoms with Crippen molar-refractivity contribution in [2.75, 3.05) is 24.9 Å². The summed E-state index contributed by atoms with van der Waals surface area (Å²) in [6.07, 6.45) is 4.51. The first kappa shape index (κ1) is 18.0. The Labute approximate surface area is 145 Å². The second-order valence-corrected chi connectivity index (χ2v) is 4.99. The highest BCUT2D eigenvalue weighted by Gasteiger charge is 2.16. The zero-order chi connectivity index (χ0) is 18.2. The van der Waals surface area contributed by atoms with E-state index < -0.39 is 12.0 Å². The second-order valence-electron chi connectivity index (χ2n) is 4.99. The van der Waals surface area contributed by atoms with Gasteiger partial charge in [-0.3, -0.25) is 9.78 Å². The van der Waals surface area contributed by atoms with Gasteiger partial charge in [-0.1, -0.05) is 6.08 Å². The van der Waals surface area contributed by atoms with E-state index >= 15 is 0 Å². The summed E-state index contributed by atoms with van der Waals surface area (Å²) in [6.45, 7) is 3.60. The Balaban J connectivity index is 2.17. The molecule has 0 radical (unpaired) electrons. The summed E-state index contributed by atoms with van der Waals surface area (Å²) in [7, 11) is 2.79. The lowest BCUT2D eigenvalue weighted by molar-refractivity contribution is -0.140. The van der Waals surface area contributed by atoms with Gasteiger partial charge in [0, 0.05) is 24.1 Å². The summed E-state index contributed by atoms with van der Waals surface area (Å²) >= 11 is 0. The third kappa shape index (κ3) is 4.57. The van der Waals surface area contributed by atoms with Crippen LogP contribution in [0.4, 0.5) is 11.4 Å². The largest absolute Gasteiger partial charge is 0.494 e. The van der Waals surface area contributed by atoms with Crippen LogP contribution >= 0.6 is 0 Å². The summed E-state index contributed by atoms with van der Waals surface area (Å²) in [4.78, 5) is 27.8. The average molecular weight is 341 g/mol. The molecule has 1 aromatic carbocycles. The molecule has 2 rings (SSSR count). The van der Waals surface area contributed by atoms with Crippen LogP contribution in [0.15, 0.2) is 55.4 Å². The highest BCUT2D eigenvalue weighted by Crippen LogP contribution is 2.28. The van der Waals surface area contributed by atoms with Crippen LogP contribution < -0.4 is 15.4 Å². The van der Waals surface area contributed by atoms with Crippen molar-refractivity contribution in [2.45, 2.75) is 6.04 Å². The number of hydrogen-bond donors (Lipinski definition) is 2. The van der Waals surface area contributed by atoms with Crippen molar-refractivity contribution in [3.05, 3.63) is 60.9 Å². The van der Waals surface area contributed by atoms with Crippen LogP contribution in [-0.4, -0.2) is 37.1 Å². The fourth-order valence-corrected chi connectivity index (χ4v) is 2.10. The number of nitrogens with zero attached hydrogens (tertiary/aromatic N) is 1. The highest BCUT2D eigenvalue weighted by atomic mass is 16.5. The van der Waals surface area contributed by atoms with E-state index in [0.717, 1.165) is 0 Å². The minimum atomic E-state index is -0.689. The van der Waals surface area contributed by atoms with Crippen molar-refractivity contribution in [1.82, 2.24) is 4.98 Å². The number of nitrogens with one attached hydrogen (secondary N) is 2. The minimum absolute atomic E-state index is 0.300. The van der Waals surface area contributed by atoms with Crippen LogP contribution in [-0.2, 0) is 9.53 Å². The Morgan fingerprint density at radius 2 is 2.08 bits per heavy atom. The first-order valence-electron chi connectivity index (χ1n) is 7.45. The second kappa shape index (κ2) is 8.49. The summed E-state index contributed by atoms with van der Waals surface area (Å²) in [5.74, 6) is -0.316. The maximum Gasteiger partial charge on any atom is 0.332 e. The maximum absolute atomic E-state index is 12.2. The van der Waals surface area contributed by atoms with E-state index in [1.54, 1.807) is 36.5 Å². The molecule has 1 atom stereocenters. The number of aromatic nitrogens is 1. The maximum atomic E-state index is 12.2. The summed E-state index contributed by atoms with van der Waals surface area (Å²) in [6, 6.07) is 7.70. The van der Waals surface area contributed by atoms with Crippen molar-refractivity contribution in [1.29, 1.82) is 0 Å². The van der Waals surface area contributed by atoms with Crippen LogP contribution in [0, 0.1) is 0 Å². The molecule has 0 spiro atoms. The summed E-state index contributed by atoms with van der Waals surface area (Å²) in [5.41, 5.74) is 1.55. The predicted octanol–water partition coefficient (Wildman–Crippen LogP) is 2.48. The molecule has 0 aliphatic carbocycles. The molecule has 1 amide bonds. The van der Waals surface area contributed by atoms with Crippen molar-refractivity contribution in [3.63, 3.8) is 0 Å². The summed E-state index contributed by atoms with van der Waals surface area (Å²) < 4.78 is 10.0. The molecule has 0 saturated carbocycles. The zero-order valence-electron chi connectivity index (χ0n) is 14.0. The number of pyridine rings is 1. The first-order chi connectivity index (χ1) is 12.1. The quantitative estimate of drug-likeness (QED) is 0.594. The Morgan fingerprint density at radius 3 is 2.68 bits per heavy atom. The SMILES string of the molecule is C=C[C@H](Nc1ccc(NC(=O)c2cccnc2)c(OC)c1)C(=O)OC. The molecule has 1 aromatic heterocycles. The van der Waals surface area contributed by atoms with Crippen LogP contribution in [0.1, 0.15) is 10.4 Å². The molecule has 2 aromatic rings. The van der Waals surface area contributed by atoms with Crippen molar-refractivity contribution in [3.8, 4) is 5.75 Å².